The van der Waals surface area contributed by atoms with Crippen molar-refractivity contribution >= 4 is 12.0 Å². The van der Waals surface area contributed by atoms with Gasteiger partial charge in [-0.3, -0.25) is 4.79 Å². The van der Waals surface area contributed by atoms with Crippen molar-refractivity contribution in [2.75, 3.05) is 26.3 Å². The summed E-state index contributed by atoms with van der Waals surface area (Å²) < 4.78 is 10.9. The quantitative estimate of drug-likeness (QED) is 0.320. The molecular weight excluding hydrogens is 516 g/mol. The van der Waals surface area contributed by atoms with Crippen LogP contribution in [0.3, 0.4) is 0 Å². The molecule has 0 aliphatic heterocycles. The highest BCUT2D eigenvalue weighted by atomic mass is 16.6. The zero-order valence-electron chi connectivity index (χ0n) is 26.7. The molecule has 5 rings (SSSR count). The Morgan fingerprint density at radius 3 is 2.22 bits per heavy atom. The van der Waals surface area contributed by atoms with Crippen LogP contribution in [0.5, 0.6) is 0 Å². The molecule has 0 aromatic rings. The first-order valence-corrected chi connectivity index (χ1v) is 16.8. The number of aliphatic hydroxyl groups excluding tert-OH is 1. The highest BCUT2D eigenvalue weighted by molar-refractivity contribution is 5.83. The number of hydrogen-bond donors (Lipinski definition) is 3. The van der Waals surface area contributed by atoms with E-state index in [1.165, 1.54) is 51.4 Å². The monoisotopic (exact) mass is 574 g/mol. The topological polar surface area (TPSA) is 96.9 Å². The largest absolute Gasteiger partial charge is 0.444 e. The summed E-state index contributed by atoms with van der Waals surface area (Å²) in [6.45, 7) is 14.8. The lowest BCUT2D eigenvalue weighted by Gasteiger charge is -2.67. The van der Waals surface area contributed by atoms with Gasteiger partial charge in [0.2, 0.25) is 5.91 Å². The summed E-state index contributed by atoms with van der Waals surface area (Å²) in [6, 6.07) is 0. The molecule has 234 valence electrons. The van der Waals surface area contributed by atoms with Crippen LogP contribution >= 0.6 is 0 Å². The van der Waals surface area contributed by atoms with Crippen LogP contribution in [0, 0.1) is 51.8 Å². The van der Waals surface area contributed by atoms with Crippen molar-refractivity contribution in [1.29, 1.82) is 0 Å². The number of alkyl carbamates (subject to hydrolysis) is 1. The zero-order chi connectivity index (χ0) is 29.6. The van der Waals surface area contributed by atoms with Crippen molar-refractivity contribution in [3.05, 3.63) is 0 Å². The van der Waals surface area contributed by atoms with Gasteiger partial charge >= 0.3 is 6.09 Å². The van der Waals surface area contributed by atoms with Gasteiger partial charge in [-0.2, -0.15) is 0 Å². The van der Waals surface area contributed by atoms with E-state index in [4.69, 9.17) is 9.47 Å². The van der Waals surface area contributed by atoms with Gasteiger partial charge in [-0.15, -0.1) is 0 Å². The molecular formula is C34H58N2O5. The van der Waals surface area contributed by atoms with E-state index in [2.05, 4.69) is 31.4 Å². The van der Waals surface area contributed by atoms with Crippen molar-refractivity contribution in [1.82, 2.24) is 10.6 Å². The molecule has 5 saturated carbocycles. The van der Waals surface area contributed by atoms with Gasteiger partial charge in [-0.1, -0.05) is 27.2 Å². The third kappa shape index (κ3) is 5.68. The van der Waals surface area contributed by atoms with Crippen molar-refractivity contribution in [2.45, 2.75) is 124 Å². The summed E-state index contributed by atoms with van der Waals surface area (Å²) in [6.07, 6.45) is 12.3. The fraction of sp³-hybridized carbons (Fsp3) is 0.941. The molecule has 10 unspecified atom stereocenters. The molecule has 0 radical (unpaired) electrons. The molecule has 0 aromatic heterocycles. The van der Waals surface area contributed by atoms with E-state index >= 15 is 0 Å². The molecule has 5 aliphatic rings. The first kappa shape index (κ1) is 31.1. The predicted octanol–water partition coefficient (Wildman–Crippen LogP) is 6.08. The molecule has 5 aliphatic carbocycles. The summed E-state index contributed by atoms with van der Waals surface area (Å²) in [5, 5.41) is 16.6. The Bertz CT molecular complexity index is 965. The number of fused-ring (bicyclic) bond motifs is 7. The van der Waals surface area contributed by atoms with Crippen molar-refractivity contribution in [3.8, 4) is 0 Å². The molecule has 0 heterocycles. The van der Waals surface area contributed by atoms with Gasteiger partial charge in [0, 0.05) is 13.1 Å². The van der Waals surface area contributed by atoms with Crippen LogP contribution in [0.2, 0.25) is 0 Å². The summed E-state index contributed by atoms with van der Waals surface area (Å²) in [4.78, 5) is 25.6. The van der Waals surface area contributed by atoms with E-state index in [9.17, 15) is 14.7 Å². The smallest absolute Gasteiger partial charge is 0.407 e. The van der Waals surface area contributed by atoms with Gasteiger partial charge in [0.1, 0.15) is 5.60 Å². The first-order valence-electron chi connectivity index (χ1n) is 16.8. The Morgan fingerprint density at radius 1 is 0.829 bits per heavy atom. The van der Waals surface area contributed by atoms with Crippen LogP contribution in [0.4, 0.5) is 4.79 Å². The Morgan fingerprint density at radius 2 is 1.49 bits per heavy atom. The number of carbonyl (C=O) groups is 2. The second kappa shape index (κ2) is 11.6. The maximum Gasteiger partial charge on any atom is 0.407 e. The fourth-order valence-electron chi connectivity index (χ4n) is 11.3. The minimum absolute atomic E-state index is 0.125. The van der Waals surface area contributed by atoms with Gasteiger partial charge in [0.05, 0.1) is 24.7 Å². The van der Waals surface area contributed by atoms with E-state index in [0.717, 1.165) is 31.1 Å². The Kier molecular flexibility index (Phi) is 8.82. The lowest BCUT2D eigenvalue weighted by Crippen LogP contribution is -2.62. The van der Waals surface area contributed by atoms with Crippen LogP contribution in [0.15, 0.2) is 0 Å². The summed E-state index contributed by atoms with van der Waals surface area (Å²) in [5.74, 6) is 3.97. The molecule has 0 bridgehead atoms. The molecule has 0 saturated heterocycles. The first-order chi connectivity index (χ1) is 19.3. The number of amides is 2. The van der Waals surface area contributed by atoms with Crippen LogP contribution in [-0.4, -0.2) is 55.1 Å². The van der Waals surface area contributed by atoms with Crippen LogP contribution in [-0.2, 0) is 14.3 Å². The van der Waals surface area contributed by atoms with Crippen molar-refractivity contribution < 1.29 is 24.2 Å². The maximum absolute atomic E-state index is 13.8. The second-order valence-electron chi connectivity index (χ2n) is 16.0. The molecule has 0 aromatic carbocycles. The third-order valence-corrected chi connectivity index (χ3v) is 13.0. The Hall–Kier alpha value is -1.34. The molecule has 41 heavy (non-hydrogen) atoms. The lowest BCUT2D eigenvalue weighted by atomic mass is 9.37. The highest BCUT2D eigenvalue weighted by Gasteiger charge is 2.65. The van der Waals surface area contributed by atoms with Crippen LogP contribution in [0.25, 0.3) is 0 Å². The number of hydrogen-bond acceptors (Lipinski definition) is 5. The lowest BCUT2D eigenvalue weighted by molar-refractivity contribution is -0.196. The number of ether oxygens (including phenoxy) is 2. The van der Waals surface area contributed by atoms with Crippen molar-refractivity contribution in [2.24, 2.45) is 51.8 Å². The Labute approximate surface area is 248 Å². The van der Waals surface area contributed by atoms with E-state index in [1.54, 1.807) is 0 Å². The second-order valence-corrected chi connectivity index (χ2v) is 16.0. The number of aliphatic hydroxyl groups is 1. The van der Waals surface area contributed by atoms with E-state index in [1.807, 2.05) is 20.8 Å². The van der Waals surface area contributed by atoms with E-state index in [-0.39, 0.29) is 17.4 Å². The van der Waals surface area contributed by atoms with Gasteiger partial charge in [-0.05, 0) is 131 Å². The van der Waals surface area contributed by atoms with E-state index in [0.29, 0.717) is 60.8 Å². The minimum Gasteiger partial charge on any atom is -0.444 e. The molecule has 2 amide bonds. The summed E-state index contributed by atoms with van der Waals surface area (Å²) in [5.41, 5.74) is -0.00442. The van der Waals surface area contributed by atoms with Crippen molar-refractivity contribution in [3.63, 3.8) is 0 Å². The average molecular weight is 575 g/mol. The summed E-state index contributed by atoms with van der Waals surface area (Å²) >= 11 is 0. The normalized spacial score (nSPS) is 43.6. The molecule has 3 N–H and O–H groups in total. The van der Waals surface area contributed by atoms with Gasteiger partial charge in [-0.25, -0.2) is 4.79 Å². The molecule has 7 heteroatoms. The minimum atomic E-state index is -0.515. The Balaban J connectivity index is 1.15. The van der Waals surface area contributed by atoms with Gasteiger partial charge in [0.15, 0.2) is 0 Å². The molecule has 7 nitrogen and oxygen atoms in total. The zero-order valence-corrected chi connectivity index (χ0v) is 26.7. The molecule has 5 fully saturated rings. The summed E-state index contributed by atoms with van der Waals surface area (Å²) in [7, 11) is 0. The molecule has 10 atom stereocenters. The van der Waals surface area contributed by atoms with Crippen LogP contribution < -0.4 is 10.6 Å². The van der Waals surface area contributed by atoms with Gasteiger partial charge < -0.3 is 25.2 Å². The predicted molar refractivity (Wildman–Crippen MR) is 160 cm³/mol. The fourth-order valence-corrected chi connectivity index (χ4v) is 11.3. The standard InChI is InChI=1S/C34H58N2O5/c1-22-24-11-15-33(6)25-12-17-34(29(38)35-18-20-40-21-19-36-30(39)41-31(2,3)4)14-7-8-26(34)23(25)9-10-28(33)32(24,5)16-13-27(22)37/h22-28,37H,7-21H2,1-6H3,(H,35,38)(H,36,39). The molecule has 0 spiro atoms. The number of nitrogens with one attached hydrogen (secondary N) is 2. The third-order valence-electron chi connectivity index (χ3n) is 13.0. The SMILES string of the molecule is CC1C(O)CCC2(C)C1CCC1(C)C3CCC4(C(=O)NCCOCCNC(=O)OC(C)(C)C)CCCC4C3CCC21. The number of rotatable bonds is 7. The average Bonchev–Trinajstić information content (AvgIpc) is 3.35. The highest BCUT2D eigenvalue weighted by Crippen LogP contribution is 2.71. The maximum atomic E-state index is 13.8. The van der Waals surface area contributed by atoms with Crippen LogP contribution in [0.1, 0.15) is 112 Å². The van der Waals surface area contributed by atoms with E-state index < -0.39 is 11.7 Å². The number of carbonyl (C=O) groups excluding carboxylic acids is 2. The van der Waals surface area contributed by atoms with Gasteiger partial charge in [0.25, 0.3) is 0 Å².